The van der Waals surface area contributed by atoms with E-state index in [-0.39, 0.29) is 11.4 Å². The summed E-state index contributed by atoms with van der Waals surface area (Å²) in [7, 11) is 1.40. The van der Waals surface area contributed by atoms with Gasteiger partial charge in [0, 0.05) is 17.9 Å². The molecule has 0 atom stereocenters. The van der Waals surface area contributed by atoms with Crippen LogP contribution in [0, 0.1) is 10.1 Å². The fourth-order valence-electron chi connectivity index (χ4n) is 1.14. The van der Waals surface area contributed by atoms with Gasteiger partial charge in [-0.15, -0.1) is 0 Å². The predicted molar refractivity (Wildman–Crippen MR) is 63.5 cm³/mol. The molecule has 0 unspecified atom stereocenters. The number of benzene rings is 1. The molecule has 1 aromatic carbocycles. The minimum absolute atomic E-state index is 0.0558. The van der Waals surface area contributed by atoms with Gasteiger partial charge in [0.25, 0.3) is 0 Å². The Kier molecular flexibility index (Phi) is 4.91. The summed E-state index contributed by atoms with van der Waals surface area (Å²) in [6.07, 6.45) is 1.99. The summed E-state index contributed by atoms with van der Waals surface area (Å²) < 4.78 is 10.3. The normalized spacial score (nSPS) is 9.88. The quantitative estimate of drug-likeness (QED) is 0.436. The first kappa shape index (κ1) is 12.6. The first-order valence-electron chi connectivity index (χ1n) is 4.63. The molecular weight excluding hydrogens is 230 g/mol. The Hall–Kier alpha value is -1.43. The van der Waals surface area contributed by atoms with E-state index in [0.29, 0.717) is 12.4 Å². The Bertz CT molecular complexity index is 370. The number of nitro benzene ring substituents is 1. The topological polar surface area (TPSA) is 61.6 Å². The van der Waals surface area contributed by atoms with Crippen LogP contribution in [-0.4, -0.2) is 30.6 Å². The summed E-state index contributed by atoms with van der Waals surface area (Å²) >= 11 is 1.67. The van der Waals surface area contributed by atoms with Crippen LogP contribution in [0.5, 0.6) is 11.5 Å². The van der Waals surface area contributed by atoms with E-state index in [9.17, 15) is 10.1 Å². The first-order chi connectivity index (χ1) is 7.69. The molecule has 0 bridgehead atoms. The summed E-state index contributed by atoms with van der Waals surface area (Å²) in [6, 6.07) is 4.48. The highest BCUT2D eigenvalue weighted by atomic mass is 32.2. The molecule has 5 nitrogen and oxygen atoms in total. The molecule has 0 amide bonds. The van der Waals surface area contributed by atoms with Gasteiger partial charge < -0.3 is 9.47 Å². The van der Waals surface area contributed by atoms with Gasteiger partial charge in [-0.3, -0.25) is 10.1 Å². The number of hydrogen-bond donors (Lipinski definition) is 0. The predicted octanol–water partition coefficient (Wildman–Crippen LogP) is 2.35. The molecule has 0 aliphatic rings. The molecule has 16 heavy (non-hydrogen) atoms. The molecule has 0 heterocycles. The number of methoxy groups -OCH3 is 1. The summed E-state index contributed by atoms with van der Waals surface area (Å²) in [4.78, 5) is 10.2. The molecule has 0 aromatic heterocycles. The van der Waals surface area contributed by atoms with Crippen molar-refractivity contribution < 1.29 is 14.4 Å². The van der Waals surface area contributed by atoms with Gasteiger partial charge in [-0.25, -0.2) is 0 Å². The second-order valence-corrected chi connectivity index (χ2v) is 3.92. The second kappa shape index (κ2) is 6.22. The van der Waals surface area contributed by atoms with Crippen molar-refractivity contribution in [2.75, 3.05) is 25.7 Å². The molecular formula is C10H13NO4S. The third kappa shape index (κ3) is 3.30. The van der Waals surface area contributed by atoms with Gasteiger partial charge in [0.05, 0.1) is 18.6 Å². The minimum Gasteiger partial charge on any atom is -0.493 e. The fourth-order valence-corrected chi connectivity index (χ4v) is 1.39. The summed E-state index contributed by atoms with van der Waals surface area (Å²) in [5.74, 6) is 1.67. The largest absolute Gasteiger partial charge is 0.493 e. The lowest BCUT2D eigenvalue weighted by Gasteiger charge is -2.07. The second-order valence-electron chi connectivity index (χ2n) is 2.93. The van der Waals surface area contributed by atoms with Crippen molar-refractivity contribution in [3.63, 3.8) is 0 Å². The number of rotatable bonds is 6. The molecule has 0 saturated heterocycles. The standard InChI is InChI=1S/C10H13NO4S/c1-14-10-7-8(15-5-6-16-2)3-4-9(10)11(12)13/h3-4,7H,5-6H2,1-2H3. The third-order valence-electron chi connectivity index (χ3n) is 1.90. The van der Waals surface area contributed by atoms with E-state index in [0.717, 1.165) is 5.75 Å². The van der Waals surface area contributed by atoms with Gasteiger partial charge in [0.1, 0.15) is 5.75 Å². The van der Waals surface area contributed by atoms with Crippen molar-refractivity contribution in [1.29, 1.82) is 0 Å². The lowest BCUT2D eigenvalue weighted by atomic mass is 10.3. The van der Waals surface area contributed by atoms with E-state index in [1.807, 2.05) is 6.26 Å². The van der Waals surface area contributed by atoms with Crippen molar-refractivity contribution in [2.24, 2.45) is 0 Å². The van der Waals surface area contributed by atoms with Crippen molar-refractivity contribution in [3.05, 3.63) is 28.3 Å². The van der Waals surface area contributed by atoms with Gasteiger partial charge in [-0.1, -0.05) is 0 Å². The van der Waals surface area contributed by atoms with E-state index < -0.39 is 4.92 Å². The fraction of sp³-hybridized carbons (Fsp3) is 0.400. The molecule has 0 spiro atoms. The van der Waals surface area contributed by atoms with Gasteiger partial charge >= 0.3 is 5.69 Å². The maximum atomic E-state index is 10.6. The molecule has 88 valence electrons. The zero-order valence-electron chi connectivity index (χ0n) is 9.13. The van der Waals surface area contributed by atoms with Crippen LogP contribution < -0.4 is 9.47 Å². The zero-order valence-corrected chi connectivity index (χ0v) is 9.95. The molecule has 0 fully saturated rings. The van der Waals surface area contributed by atoms with Gasteiger partial charge in [0.15, 0.2) is 0 Å². The van der Waals surface area contributed by atoms with Crippen LogP contribution >= 0.6 is 11.8 Å². The molecule has 0 radical (unpaired) electrons. The molecule has 0 aliphatic carbocycles. The molecule has 0 aliphatic heterocycles. The van der Waals surface area contributed by atoms with Crippen molar-refractivity contribution in [3.8, 4) is 11.5 Å². The molecule has 0 N–H and O–H groups in total. The molecule has 6 heteroatoms. The average Bonchev–Trinajstić information content (AvgIpc) is 2.29. The highest BCUT2D eigenvalue weighted by molar-refractivity contribution is 7.98. The maximum Gasteiger partial charge on any atom is 0.311 e. The average molecular weight is 243 g/mol. The van der Waals surface area contributed by atoms with Gasteiger partial charge in [-0.05, 0) is 12.3 Å². The molecule has 1 rings (SSSR count). The van der Waals surface area contributed by atoms with Crippen LogP contribution in [-0.2, 0) is 0 Å². The third-order valence-corrected chi connectivity index (χ3v) is 2.48. The van der Waals surface area contributed by atoms with E-state index >= 15 is 0 Å². The van der Waals surface area contributed by atoms with E-state index in [1.165, 1.54) is 19.2 Å². The number of thioether (sulfide) groups is 1. The highest BCUT2D eigenvalue weighted by Crippen LogP contribution is 2.30. The zero-order chi connectivity index (χ0) is 12.0. The number of nitro groups is 1. The molecule has 0 saturated carbocycles. The van der Waals surface area contributed by atoms with Crippen LogP contribution in [0.2, 0.25) is 0 Å². The van der Waals surface area contributed by atoms with Crippen molar-refractivity contribution in [1.82, 2.24) is 0 Å². The Morgan fingerprint density at radius 1 is 1.50 bits per heavy atom. The van der Waals surface area contributed by atoms with Gasteiger partial charge in [0.2, 0.25) is 5.75 Å². The lowest BCUT2D eigenvalue weighted by molar-refractivity contribution is -0.385. The SMILES string of the molecule is COc1cc(OCCSC)ccc1[N+](=O)[O-]. The number of ether oxygens (including phenoxy) is 2. The van der Waals surface area contributed by atoms with Crippen LogP contribution in [0.1, 0.15) is 0 Å². The van der Waals surface area contributed by atoms with Crippen LogP contribution in [0.4, 0.5) is 5.69 Å². The Balaban J connectivity index is 2.78. The maximum absolute atomic E-state index is 10.6. The van der Waals surface area contributed by atoms with Gasteiger partial charge in [-0.2, -0.15) is 11.8 Å². The monoisotopic (exact) mass is 243 g/mol. The van der Waals surface area contributed by atoms with Crippen LogP contribution in [0.3, 0.4) is 0 Å². The minimum atomic E-state index is -0.482. The Morgan fingerprint density at radius 2 is 2.25 bits per heavy atom. The van der Waals surface area contributed by atoms with Crippen LogP contribution in [0.25, 0.3) is 0 Å². The highest BCUT2D eigenvalue weighted by Gasteiger charge is 2.14. The number of nitrogens with zero attached hydrogens (tertiary/aromatic N) is 1. The van der Waals surface area contributed by atoms with E-state index in [1.54, 1.807) is 17.8 Å². The molecule has 1 aromatic rings. The number of hydrogen-bond acceptors (Lipinski definition) is 5. The van der Waals surface area contributed by atoms with E-state index in [2.05, 4.69) is 0 Å². The summed E-state index contributed by atoms with van der Waals surface area (Å²) in [5.41, 5.74) is -0.0558. The Labute approximate surface area is 97.9 Å². The van der Waals surface area contributed by atoms with Crippen molar-refractivity contribution in [2.45, 2.75) is 0 Å². The Morgan fingerprint density at radius 3 is 2.81 bits per heavy atom. The first-order valence-corrected chi connectivity index (χ1v) is 6.02. The smallest absolute Gasteiger partial charge is 0.311 e. The van der Waals surface area contributed by atoms with Crippen molar-refractivity contribution >= 4 is 17.4 Å². The summed E-state index contributed by atoms with van der Waals surface area (Å²) in [6.45, 7) is 0.572. The van der Waals surface area contributed by atoms with E-state index in [4.69, 9.17) is 9.47 Å². The van der Waals surface area contributed by atoms with Crippen LogP contribution in [0.15, 0.2) is 18.2 Å². The summed E-state index contributed by atoms with van der Waals surface area (Å²) in [5, 5.41) is 10.6. The lowest BCUT2D eigenvalue weighted by Crippen LogP contribution is -2.00.